The zero-order chi connectivity index (χ0) is 11.0. The van der Waals surface area contributed by atoms with E-state index in [4.69, 9.17) is 20.1 Å². The van der Waals surface area contributed by atoms with Gasteiger partial charge in [0.1, 0.15) is 5.75 Å². The summed E-state index contributed by atoms with van der Waals surface area (Å²) in [5.41, 5.74) is 1.29. The summed E-state index contributed by atoms with van der Waals surface area (Å²) in [5, 5.41) is 22.9. The van der Waals surface area contributed by atoms with Crippen LogP contribution in [0.25, 0.3) is 0 Å². The van der Waals surface area contributed by atoms with Gasteiger partial charge in [-0.2, -0.15) is 0 Å². The standard InChI is InChI=1S/C9H12O.CH2O3/c1-2-3-8-4-6-9(10)7-5-8;2-1(3)4/h4-7,10H,2-3H2,1H3;(H2,2,3,4). The van der Waals surface area contributed by atoms with E-state index in [9.17, 15) is 0 Å². The molecule has 0 unspecified atom stereocenters. The van der Waals surface area contributed by atoms with Crippen molar-refractivity contribution in [2.24, 2.45) is 0 Å². The van der Waals surface area contributed by atoms with E-state index < -0.39 is 6.16 Å². The second-order valence-corrected chi connectivity index (χ2v) is 2.70. The van der Waals surface area contributed by atoms with Crippen molar-refractivity contribution in [2.75, 3.05) is 0 Å². The number of phenols is 1. The average Bonchev–Trinajstić information content (AvgIpc) is 2.08. The molecule has 1 rings (SSSR count). The minimum atomic E-state index is -1.83. The van der Waals surface area contributed by atoms with Crippen molar-refractivity contribution >= 4 is 6.16 Å². The number of hydrogen-bond acceptors (Lipinski definition) is 2. The molecule has 0 aliphatic rings. The molecule has 1 aromatic carbocycles. The summed E-state index contributed by atoms with van der Waals surface area (Å²) in [5.74, 6) is 0.347. The highest BCUT2D eigenvalue weighted by Crippen LogP contribution is 2.10. The molecule has 0 amide bonds. The van der Waals surface area contributed by atoms with Crippen LogP contribution in [0.3, 0.4) is 0 Å². The van der Waals surface area contributed by atoms with Crippen LogP contribution in [0, 0.1) is 0 Å². The molecule has 1 aromatic rings. The third kappa shape index (κ3) is 6.97. The lowest BCUT2D eigenvalue weighted by Crippen LogP contribution is -1.81. The van der Waals surface area contributed by atoms with Crippen LogP contribution >= 0.6 is 0 Å². The third-order valence-corrected chi connectivity index (χ3v) is 1.48. The predicted molar refractivity (Wildman–Crippen MR) is 52.8 cm³/mol. The van der Waals surface area contributed by atoms with Crippen molar-refractivity contribution in [2.45, 2.75) is 19.8 Å². The second kappa shape index (κ2) is 6.77. The summed E-state index contributed by atoms with van der Waals surface area (Å²) in [7, 11) is 0. The van der Waals surface area contributed by atoms with Crippen LogP contribution in [0.5, 0.6) is 5.75 Å². The Labute approximate surface area is 82.4 Å². The summed E-state index contributed by atoms with van der Waals surface area (Å²) < 4.78 is 0. The molecule has 0 atom stereocenters. The molecular weight excluding hydrogens is 184 g/mol. The smallest absolute Gasteiger partial charge is 0.503 e. The minimum absolute atomic E-state index is 0.347. The topological polar surface area (TPSA) is 77.8 Å². The zero-order valence-electron chi connectivity index (χ0n) is 7.97. The molecule has 78 valence electrons. The number of benzene rings is 1. The van der Waals surface area contributed by atoms with Crippen molar-refractivity contribution < 1.29 is 20.1 Å². The van der Waals surface area contributed by atoms with Crippen molar-refractivity contribution in [3.63, 3.8) is 0 Å². The normalized spacial score (nSPS) is 8.64. The van der Waals surface area contributed by atoms with Crippen LogP contribution in [-0.4, -0.2) is 21.5 Å². The maximum absolute atomic E-state index is 8.92. The number of rotatable bonds is 2. The maximum atomic E-state index is 8.92. The molecule has 0 spiro atoms. The molecule has 0 saturated carbocycles. The van der Waals surface area contributed by atoms with Gasteiger partial charge in [-0.05, 0) is 24.1 Å². The van der Waals surface area contributed by atoms with E-state index in [2.05, 4.69) is 6.92 Å². The van der Waals surface area contributed by atoms with E-state index in [0.717, 1.165) is 12.8 Å². The highest BCUT2D eigenvalue weighted by Gasteiger charge is 1.89. The number of phenolic OH excluding ortho intramolecular Hbond substituents is 1. The first-order valence-electron chi connectivity index (χ1n) is 4.26. The summed E-state index contributed by atoms with van der Waals surface area (Å²) in [4.78, 5) is 8.56. The molecule has 0 radical (unpaired) electrons. The molecule has 0 saturated heterocycles. The molecule has 14 heavy (non-hydrogen) atoms. The second-order valence-electron chi connectivity index (χ2n) is 2.70. The summed E-state index contributed by atoms with van der Waals surface area (Å²) in [6, 6.07) is 7.37. The Morgan fingerprint density at radius 2 is 1.64 bits per heavy atom. The molecule has 4 nitrogen and oxygen atoms in total. The fourth-order valence-corrected chi connectivity index (χ4v) is 0.951. The average molecular weight is 198 g/mol. The first kappa shape index (κ1) is 12.3. The highest BCUT2D eigenvalue weighted by molar-refractivity contribution is 5.53. The van der Waals surface area contributed by atoms with E-state index in [0.29, 0.717) is 5.75 Å². The van der Waals surface area contributed by atoms with Gasteiger partial charge in [0.25, 0.3) is 0 Å². The van der Waals surface area contributed by atoms with E-state index in [1.807, 2.05) is 12.1 Å². The number of hydrogen-bond donors (Lipinski definition) is 3. The van der Waals surface area contributed by atoms with E-state index >= 15 is 0 Å². The highest BCUT2D eigenvalue weighted by atomic mass is 16.6. The van der Waals surface area contributed by atoms with Gasteiger partial charge in [-0.1, -0.05) is 25.5 Å². The Morgan fingerprint density at radius 3 is 2.00 bits per heavy atom. The van der Waals surface area contributed by atoms with Crippen LogP contribution in [0.2, 0.25) is 0 Å². The molecule has 0 aromatic heterocycles. The Balaban J connectivity index is 0.000000364. The molecule has 0 aliphatic carbocycles. The fraction of sp³-hybridized carbons (Fsp3) is 0.300. The monoisotopic (exact) mass is 198 g/mol. The molecule has 0 fully saturated rings. The Kier molecular flexibility index (Phi) is 5.94. The van der Waals surface area contributed by atoms with Crippen LogP contribution in [0.4, 0.5) is 4.79 Å². The Morgan fingerprint density at radius 1 is 1.21 bits per heavy atom. The van der Waals surface area contributed by atoms with E-state index in [1.165, 1.54) is 5.56 Å². The number of carboxylic acid groups (broad SMARTS) is 2. The summed E-state index contributed by atoms with van der Waals surface area (Å²) in [6.07, 6.45) is 0.422. The quantitative estimate of drug-likeness (QED) is 0.682. The SMILES string of the molecule is CCCc1ccc(O)cc1.O=C(O)O. The van der Waals surface area contributed by atoms with Gasteiger partial charge in [-0.3, -0.25) is 0 Å². The lowest BCUT2D eigenvalue weighted by molar-refractivity contribution is 0.137. The van der Waals surface area contributed by atoms with Crippen molar-refractivity contribution in [1.29, 1.82) is 0 Å². The largest absolute Gasteiger partial charge is 0.508 e. The number of aryl methyl sites for hydroxylation is 1. The van der Waals surface area contributed by atoms with Crippen LogP contribution in [0.1, 0.15) is 18.9 Å². The third-order valence-electron chi connectivity index (χ3n) is 1.48. The number of aromatic hydroxyl groups is 1. The lowest BCUT2D eigenvalue weighted by atomic mass is 10.1. The zero-order valence-corrected chi connectivity index (χ0v) is 7.97. The van der Waals surface area contributed by atoms with Gasteiger partial charge in [0, 0.05) is 0 Å². The molecule has 4 heteroatoms. The molecule has 3 N–H and O–H groups in total. The van der Waals surface area contributed by atoms with Crippen molar-refractivity contribution in [3.8, 4) is 5.75 Å². The summed E-state index contributed by atoms with van der Waals surface area (Å²) >= 11 is 0. The maximum Gasteiger partial charge on any atom is 0.503 e. The molecule has 0 aliphatic heterocycles. The van der Waals surface area contributed by atoms with Gasteiger partial charge < -0.3 is 15.3 Å². The van der Waals surface area contributed by atoms with Gasteiger partial charge in [0.05, 0.1) is 0 Å². The van der Waals surface area contributed by atoms with Gasteiger partial charge in [0.15, 0.2) is 0 Å². The van der Waals surface area contributed by atoms with Gasteiger partial charge >= 0.3 is 6.16 Å². The Bertz CT molecular complexity index is 262. The minimum Gasteiger partial charge on any atom is -0.508 e. The molecular formula is C10H14O4. The van der Waals surface area contributed by atoms with E-state index in [1.54, 1.807) is 12.1 Å². The molecule has 0 bridgehead atoms. The fourth-order valence-electron chi connectivity index (χ4n) is 0.951. The van der Waals surface area contributed by atoms with E-state index in [-0.39, 0.29) is 0 Å². The predicted octanol–water partition coefficient (Wildman–Crippen LogP) is 2.57. The summed E-state index contributed by atoms with van der Waals surface area (Å²) in [6.45, 7) is 2.15. The first-order chi connectivity index (χ1) is 6.56. The van der Waals surface area contributed by atoms with Crippen LogP contribution in [0.15, 0.2) is 24.3 Å². The first-order valence-corrected chi connectivity index (χ1v) is 4.26. The van der Waals surface area contributed by atoms with Crippen LogP contribution in [-0.2, 0) is 6.42 Å². The van der Waals surface area contributed by atoms with Crippen LogP contribution < -0.4 is 0 Å². The van der Waals surface area contributed by atoms with Crippen molar-refractivity contribution in [1.82, 2.24) is 0 Å². The number of carbonyl (C=O) groups is 1. The van der Waals surface area contributed by atoms with Gasteiger partial charge in [-0.25, -0.2) is 4.79 Å². The Hall–Kier alpha value is -1.71. The van der Waals surface area contributed by atoms with Gasteiger partial charge in [0.2, 0.25) is 0 Å². The molecule has 0 heterocycles. The van der Waals surface area contributed by atoms with Gasteiger partial charge in [-0.15, -0.1) is 0 Å². The lowest BCUT2D eigenvalue weighted by Gasteiger charge is -1.96. The van der Waals surface area contributed by atoms with Crippen molar-refractivity contribution in [3.05, 3.63) is 29.8 Å².